The fraction of sp³-hybridized carbons (Fsp3) is 0.200. The highest BCUT2D eigenvalue weighted by Gasteiger charge is 2.20. The molecule has 2 N–H and O–H groups in total. The molecule has 1 aromatic heterocycles. The zero-order chi connectivity index (χ0) is 16.8. The van der Waals surface area contributed by atoms with Gasteiger partial charge in [-0.2, -0.15) is 5.10 Å². The predicted molar refractivity (Wildman–Crippen MR) is 85.8 cm³/mol. The van der Waals surface area contributed by atoms with Crippen LogP contribution < -0.4 is 10.9 Å². The summed E-state index contributed by atoms with van der Waals surface area (Å²) >= 11 is 3.33. The number of hydrogen-bond donors (Lipinski definition) is 2. The number of methoxy groups -OCH3 is 1. The number of nitrogens with zero attached hydrogens (tertiary/aromatic N) is 1. The van der Waals surface area contributed by atoms with E-state index < -0.39 is 23.5 Å². The number of halogens is 1. The second-order valence-electron chi connectivity index (χ2n) is 4.66. The summed E-state index contributed by atoms with van der Waals surface area (Å²) in [5, 5.41) is 8.57. The van der Waals surface area contributed by atoms with Crippen LogP contribution in [0.2, 0.25) is 0 Å². The van der Waals surface area contributed by atoms with Crippen molar-refractivity contribution in [1.29, 1.82) is 0 Å². The van der Waals surface area contributed by atoms with E-state index in [2.05, 4.69) is 36.2 Å². The molecule has 0 aliphatic heterocycles. The average Bonchev–Trinajstić information content (AvgIpc) is 2.55. The molecule has 0 radical (unpaired) electrons. The Morgan fingerprint density at radius 2 is 1.96 bits per heavy atom. The minimum Gasteiger partial charge on any atom is -0.469 e. The Labute approximate surface area is 140 Å². The quantitative estimate of drug-likeness (QED) is 0.767. The molecule has 2 aromatic rings. The Kier molecular flexibility index (Phi) is 5.64. The van der Waals surface area contributed by atoms with Crippen LogP contribution in [0.1, 0.15) is 28.5 Å². The maximum atomic E-state index is 12.2. The van der Waals surface area contributed by atoms with Gasteiger partial charge >= 0.3 is 5.97 Å². The molecule has 0 aliphatic carbocycles. The number of benzene rings is 1. The number of hydrogen-bond acceptors (Lipinski definition) is 5. The van der Waals surface area contributed by atoms with E-state index >= 15 is 0 Å². The molecule has 23 heavy (non-hydrogen) atoms. The lowest BCUT2D eigenvalue weighted by molar-refractivity contribution is -0.141. The van der Waals surface area contributed by atoms with E-state index in [1.807, 2.05) is 12.1 Å². The maximum absolute atomic E-state index is 12.2. The van der Waals surface area contributed by atoms with Gasteiger partial charge in [0.25, 0.3) is 11.5 Å². The van der Waals surface area contributed by atoms with Gasteiger partial charge in [-0.15, -0.1) is 0 Å². The molecule has 1 heterocycles. The van der Waals surface area contributed by atoms with Crippen molar-refractivity contribution in [3.63, 3.8) is 0 Å². The fourth-order valence-electron chi connectivity index (χ4n) is 1.90. The lowest BCUT2D eigenvalue weighted by atomic mass is 10.0. The maximum Gasteiger partial charge on any atom is 0.307 e. The molecular formula is C15H14BrN3O4. The summed E-state index contributed by atoms with van der Waals surface area (Å²) < 4.78 is 5.55. The number of esters is 1. The van der Waals surface area contributed by atoms with Crippen LogP contribution in [-0.4, -0.2) is 29.2 Å². The number of aromatic nitrogens is 2. The van der Waals surface area contributed by atoms with E-state index in [9.17, 15) is 14.4 Å². The van der Waals surface area contributed by atoms with Gasteiger partial charge in [0.2, 0.25) is 0 Å². The van der Waals surface area contributed by atoms with E-state index in [1.165, 1.54) is 19.2 Å². The molecule has 1 atom stereocenters. The SMILES string of the molecule is COC(=O)CC(NC(=O)c1ccc(=O)[nH]n1)c1ccc(Br)cc1. The molecule has 7 nitrogen and oxygen atoms in total. The van der Waals surface area contributed by atoms with Crippen molar-refractivity contribution < 1.29 is 14.3 Å². The second kappa shape index (κ2) is 7.68. The van der Waals surface area contributed by atoms with Crippen molar-refractivity contribution in [3.05, 3.63) is 62.5 Å². The van der Waals surface area contributed by atoms with Crippen molar-refractivity contribution in [1.82, 2.24) is 15.5 Å². The van der Waals surface area contributed by atoms with Gasteiger partial charge in [-0.25, -0.2) is 5.10 Å². The van der Waals surface area contributed by atoms with Crippen LogP contribution >= 0.6 is 15.9 Å². The highest BCUT2D eigenvalue weighted by atomic mass is 79.9. The molecular weight excluding hydrogens is 366 g/mol. The normalized spacial score (nSPS) is 11.6. The first kappa shape index (κ1) is 16.9. The van der Waals surface area contributed by atoms with Crippen molar-refractivity contribution in [3.8, 4) is 0 Å². The van der Waals surface area contributed by atoms with Crippen LogP contribution in [0.5, 0.6) is 0 Å². The van der Waals surface area contributed by atoms with E-state index in [0.29, 0.717) is 0 Å². The number of H-pyrrole nitrogens is 1. The minimum atomic E-state index is -0.572. The standard InChI is InChI=1S/C15H14BrN3O4/c1-23-14(21)8-12(9-2-4-10(16)5-3-9)17-15(22)11-6-7-13(20)19-18-11/h2-7,12H,8H2,1H3,(H,17,22)(H,19,20). The number of rotatable bonds is 5. The lowest BCUT2D eigenvalue weighted by Crippen LogP contribution is -2.31. The number of nitrogens with one attached hydrogen (secondary N) is 2. The summed E-state index contributed by atoms with van der Waals surface area (Å²) in [5.41, 5.74) is 0.397. The molecule has 0 saturated carbocycles. The van der Waals surface area contributed by atoms with Crippen molar-refractivity contribution in [2.45, 2.75) is 12.5 Å². The monoisotopic (exact) mass is 379 g/mol. The van der Waals surface area contributed by atoms with Crippen LogP contribution in [-0.2, 0) is 9.53 Å². The molecule has 0 spiro atoms. The fourth-order valence-corrected chi connectivity index (χ4v) is 2.16. The third-order valence-electron chi connectivity index (χ3n) is 3.09. The highest BCUT2D eigenvalue weighted by molar-refractivity contribution is 9.10. The Morgan fingerprint density at radius 3 is 2.52 bits per heavy atom. The van der Waals surface area contributed by atoms with Crippen LogP contribution in [0.4, 0.5) is 0 Å². The summed E-state index contributed by atoms with van der Waals surface area (Å²) in [6, 6.07) is 9.14. The minimum absolute atomic E-state index is 0.0206. The molecule has 1 amide bonds. The Hall–Kier alpha value is -2.48. The molecule has 8 heteroatoms. The second-order valence-corrected chi connectivity index (χ2v) is 5.58. The van der Waals surface area contributed by atoms with Gasteiger partial charge in [0.15, 0.2) is 0 Å². The molecule has 120 valence electrons. The predicted octanol–water partition coefficient (Wildman–Crippen LogP) is 1.57. The largest absolute Gasteiger partial charge is 0.469 e. The zero-order valence-corrected chi connectivity index (χ0v) is 13.8. The molecule has 1 aromatic carbocycles. The van der Waals surface area contributed by atoms with Gasteiger partial charge in [-0.1, -0.05) is 28.1 Å². The Balaban J connectivity index is 2.21. The van der Waals surface area contributed by atoms with E-state index in [-0.39, 0.29) is 12.1 Å². The number of carbonyl (C=O) groups is 2. The van der Waals surface area contributed by atoms with Crippen molar-refractivity contribution in [2.24, 2.45) is 0 Å². The summed E-state index contributed by atoms with van der Waals surface area (Å²) in [5.74, 6) is -0.953. The van der Waals surface area contributed by atoms with Crippen LogP contribution in [0, 0.1) is 0 Å². The summed E-state index contributed by atoms with van der Waals surface area (Å²) in [6.07, 6.45) is -0.0206. The lowest BCUT2D eigenvalue weighted by Gasteiger charge is -2.18. The van der Waals surface area contributed by atoms with Crippen LogP contribution in [0.3, 0.4) is 0 Å². The van der Waals surface area contributed by atoms with Gasteiger partial charge in [0.1, 0.15) is 5.69 Å². The van der Waals surface area contributed by atoms with E-state index in [0.717, 1.165) is 10.0 Å². The number of amides is 1. The van der Waals surface area contributed by atoms with Crippen molar-refractivity contribution in [2.75, 3.05) is 7.11 Å². The van der Waals surface area contributed by atoms with E-state index in [1.54, 1.807) is 12.1 Å². The summed E-state index contributed by atoms with van der Waals surface area (Å²) in [7, 11) is 1.28. The smallest absolute Gasteiger partial charge is 0.307 e. The first-order valence-corrected chi connectivity index (χ1v) is 7.48. The molecule has 0 aliphatic rings. The Morgan fingerprint density at radius 1 is 1.26 bits per heavy atom. The first-order valence-electron chi connectivity index (χ1n) is 6.68. The summed E-state index contributed by atoms with van der Waals surface area (Å²) in [6.45, 7) is 0. The van der Waals surface area contributed by atoms with Gasteiger partial charge in [-0.05, 0) is 23.8 Å². The molecule has 0 bridgehead atoms. The van der Waals surface area contributed by atoms with E-state index in [4.69, 9.17) is 0 Å². The first-order chi connectivity index (χ1) is 11.0. The third-order valence-corrected chi connectivity index (χ3v) is 3.62. The van der Waals surface area contributed by atoms with Gasteiger partial charge < -0.3 is 10.1 Å². The van der Waals surface area contributed by atoms with Gasteiger partial charge in [-0.3, -0.25) is 14.4 Å². The molecule has 0 fully saturated rings. The average molecular weight is 380 g/mol. The topological polar surface area (TPSA) is 101 Å². The number of carbonyl (C=O) groups excluding carboxylic acids is 2. The molecule has 2 rings (SSSR count). The third kappa shape index (κ3) is 4.75. The van der Waals surface area contributed by atoms with Crippen molar-refractivity contribution >= 4 is 27.8 Å². The summed E-state index contributed by atoms with van der Waals surface area (Å²) in [4.78, 5) is 34.8. The highest BCUT2D eigenvalue weighted by Crippen LogP contribution is 2.20. The Bertz CT molecular complexity index is 738. The zero-order valence-electron chi connectivity index (χ0n) is 12.2. The van der Waals surface area contributed by atoms with Gasteiger partial charge in [0.05, 0.1) is 19.6 Å². The van der Waals surface area contributed by atoms with Crippen LogP contribution in [0.15, 0.2) is 45.7 Å². The van der Waals surface area contributed by atoms with Gasteiger partial charge in [0, 0.05) is 10.5 Å². The molecule has 0 saturated heterocycles. The number of aromatic amines is 1. The number of ether oxygens (including phenoxy) is 1. The molecule has 1 unspecified atom stereocenters. The van der Waals surface area contributed by atoms with Crippen LogP contribution in [0.25, 0.3) is 0 Å².